The second kappa shape index (κ2) is 7.67. The Morgan fingerprint density at radius 2 is 2.29 bits per heavy atom. The van der Waals surface area contributed by atoms with Gasteiger partial charge in [0.2, 0.25) is 0 Å². The Hall–Kier alpha value is -3.42. The summed E-state index contributed by atoms with van der Waals surface area (Å²) in [5.74, 6) is 1.26. The summed E-state index contributed by atoms with van der Waals surface area (Å²) in [6.45, 7) is 4.53. The van der Waals surface area contributed by atoms with Gasteiger partial charge in [-0.05, 0) is 38.1 Å². The summed E-state index contributed by atoms with van der Waals surface area (Å²) in [6, 6.07) is 11.3. The van der Waals surface area contributed by atoms with E-state index < -0.39 is 0 Å². The average molecular weight is 379 g/mol. The van der Waals surface area contributed by atoms with E-state index in [9.17, 15) is 4.79 Å². The lowest BCUT2D eigenvalue weighted by Gasteiger charge is -2.09. The van der Waals surface area contributed by atoms with Gasteiger partial charge in [0.05, 0.1) is 18.3 Å². The zero-order valence-electron chi connectivity index (χ0n) is 15.8. The first-order valence-corrected chi connectivity index (χ1v) is 9.20. The maximum absolute atomic E-state index is 12.2. The molecule has 1 aliphatic rings. The van der Waals surface area contributed by atoms with E-state index in [0.717, 1.165) is 40.1 Å². The summed E-state index contributed by atoms with van der Waals surface area (Å²) >= 11 is 0. The molecule has 2 aromatic carbocycles. The summed E-state index contributed by atoms with van der Waals surface area (Å²) in [5, 5.41) is 12.1. The molecular weight excluding hydrogens is 358 g/mol. The van der Waals surface area contributed by atoms with Gasteiger partial charge in [0.25, 0.3) is 5.91 Å². The molecule has 0 spiro atoms. The SMILES string of the molecule is CCOc1cc2c(cc1/C=N\NC(=O)Cn1nnc3ccccc31)O[C@@H](C)C2. The number of ether oxygens (including phenoxy) is 2. The normalized spacial score (nSPS) is 15.6. The fraction of sp³-hybridized carbons (Fsp3) is 0.300. The maximum atomic E-state index is 12.2. The third-order valence-corrected chi connectivity index (χ3v) is 4.43. The van der Waals surface area contributed by atoms with Gasteiger partial charge in [-0.15, -0.1) is 5.10 Å². The van der Waals surface area contributed by atoms with E-state index in [4.69, 9.17) is 9.47 Å². The van der Waals surface area contributed by atoms with E-state index in [-0.39, 0.29) is 18.6 Å². The van der Waals surface area contributed by atoms with Crippen LogP contribution in [0.15, 0.2) is 41.5 Å². The molecule has 1 aromatic heterocycles. The van der Waals surface area contributed by atoms with Gasteiger partial charge in [-0.1, -0.05) is 17.3 Å². The lowest BCUT2D eigenvalue weighted by Crippen LogP contribution is -2.23. The topological polar surface area (TPSA) is 90.6 Å². The molecule has 1 atom stereocenters. The van der Waals surface area contributed by atoms with Crippen LogP contribution in [0.1, 0.15) is 25.0 Å². The molecule has 0 bridgehead atoms. The molecule has 28 heavy (non-hydrogen) atoms. The van der Waals surface area contributed by atoms with Crippen LogP contribution in [0.25, 0.3) is 11.0 Å². The maximum Gasteiger partial charge on any atom is 0.261 e. The minimum atomic E-state index is -0.295. The number of nitrogens with one attached hydrogen (secondary N) is 1. The van der Waals surface area contributed by atoms with Gasteiger partial charge in [-0.2, -0.15) is 5.10 Å². The Morgan fingerprint density at radius 3 is 3.14 bits per heavy atom. The van der Waals surface area contributed by atoms with Crippen LogP contribution in [0.4, 0.5) is 0 Å². The number of aromatic nitrogens is 3. The van der Waals surface area contributed by atoms with Crippen LogP contribution in [0, 0.1) is 0 Å². The van der Waals surface area contributed by atoms with Crippen molar-refractivity contribution in [2.45, 2.75) is 32.9 Å². The molecular formula is C20H21N5O3. The van der Waals surface area contributed by atoms with E-state index in [1.807, 2.05) is 50.2 Å². The molecule has 0 radical (unpaired) electrons. The minimum Gasteiger partial charge on any atom is -0.493 e. The first-order valence-electron chi connectivity index (χ1n) is 9.20. The second-order valence-corrected chi connectivity index (χ2v) is 6.59. The van der Waals surface area contributed by atoms with Crippen LogP contribution >= 0.6 is 0 Å². The number of nitrogens with zero attached hydrogens (tertiary/aromatic N) is 4. The van der Waals surface area contributed by atoms with Gasteiger partial charge in [0, 0.05) is 17.5 Å². The van der Waals surface area contributed by atoms with Crippen LogP contribution < -0.4 is 14.9 Å². The number of carbonyl (C=O) groups excluding carboxylic acids is 1. The van der Waals surface area contributed by atoms with E-state index in [1.165, 1.54) is 4.68 Å². The number of para-hydroxylation sites is 1. The van der Waals surface area contributed by atoms with Crippen molar-refractivity contribution in [1.29, 1.82) is 0 Å². The van der Waals surface area contributed by atoms with Crippen molar-refractivity contribution in [3.63, 3.8) is 0 Å². The van der Waals surface area contributed by atoms with Crippen molar-refractivity contribution >= 4 is 23.2 Å². The van der Waals surface area contributed by atoms with E-state index in [1.54, 1.807) is 6.21 Å². The zero-order chi connectivity index (χ0) is 19.5. The van der Waals surface area contributed by atoms with Gasteiger partial charge in [-0.3, -0.25) is 4.79 Å². The highest BCUT2D eigenvalue weighted by atomic mass is 16.5. The van der Waals surface area contributed by atoms with Crippen LogP contribution in [-0.2, 0) is 17.8 Å². The highest BCUT2D eigenvalue weighted by Crippen LogP contribution is 2.34. The predicted molar refractivity (Wildman–Crippen MR) is 105 cm³/mol. The molecule has 0 aliphatic carbocycles. The third-order valence-electron chi connectivity index (χ3n) is 4.43. The van der Waals surface area contributed by atoms with Gasteiger partial charge in [0.1, 0.15) is 29.7 Å². The summed E-state index contributed by atoms with van der Waals surface area (Å²) < 4.78 is 13.0. The predicted octanol–water partition coefficient (Wildman–Crippen LogP) is 2.30. The lowest BCUT2D eigenvalue weighted by atomic mass is 10.1. The Labute approximate surface area is 162 Å². The highest BCUT2D eigenvalue weighted by Gasteiger charge is 2.21. The van der Waals surface area contributed by atoms with Crippen molar-refractivity contribution < 1.29 is 14.3 Å². The van der Waals surface area contributed by atoms with E-state index in [2.05, 4.69) is 20.8 Å². The van der Waals surface area contributed by atoms with Crippen LogP contribution in [0.5, 0.6) is 11.5 Å². The Balaban J connectivity index is 1.45. The van der Waals surface area contributed by atoms with Gasteiger partial charge in [0.15, 0.2) is 0 Å². The molecule has 0 fully saturated rings. The smallest absolute Gasteiger partial charge is 0.261 e. The average Bonchev–Trinajstić information content (AvgIpc) is 3.24. The van der Waals surface area contributed by atoms with Crippen LogP contribution in [0.2, 0.25) is 0 Å². The number of carbonyl (C=O) groups is 1. The number of benzene rings is 2. The summed E-state index contributed by atoms with van der Waals surface area (Å²) in [6.07, 6.45) is 2.57. The minimum absolute atomic E-state index is 0.0288. The monoisotopic (exact) mass is 379 g/mol. The van der Waals surface area contributed by atoms with Gasteiger partial charge < -0.3 is 9.47 Å². The van der Waals surface area contributed by atoms with Crippen molar-refractivity contribution in [1.82, 2.24) is 20.4 Å². The van der Waals surface area contributed by atoms with Crippen molar-refractivity contribution in [3.8, 4) is 11.5 Å². The van der Waals surface area contributed by atoms with Crippen molar-refractivity contribution in [2.24, 2.45) is 5.10 Å². The fourth-order valence-corrected chi connectivity index (χ4v) is 3.22. The Bertz CT molecular complexity index is 1040. The van der Waals surface area contributed by atoms with Crippen molar-refractivity contribution in [2.75, 3.05) is 6.61 Å². The number of hydrogen-bond donors (Lipinski definition) is 1. The van der Waals surface area contributed by atoms with Gasteiger partial charge in [-0.25, -0.2) is 10.1 Å². The zero-order valence-corrected chi connectivity index (χ0v) is 15.8. The molecule has 144 valence electrons. The summed E-state index contributed by atoms with van der Waals surface area (Å²) in [4.78, 5) is 12.2. The largest absolute Gasteiger partial charge is 0.493 e. The first kappa shape index (κ1) is 18.0. The van der Waals surface area contributed by atoms with E-state index >= 15 is 0 Å². The first-order chi connectivity index (χ1) is 13.6. The van der Waals surface area contributed by atoms with Crippen molar-refractivity contribution in [3.05, 3.63) is 47.5 Å². The molecule has 1 amide bonds. The quantitative estimate of drug-likeness (QED) is 0.524. The number of rotatable bonds is 6. The fourth-order valence-electron chi connectivity index (χ4n) is 3.22. The van der Waals surface area contributed by atoms with Crippen LogP contribution in [-0.4, -0.2) is 39.8 Å². The molecule has 0 unspecified atom stereocenters. The molecule has 4 rings (SSSR count). The highest BCUT2D eigenvalue weighted by molar-refractivity contribution is 5.86. The molecule has 2 heterocycles. The number of fused-ring (bicyclic) bond motifs is 2. The lowest BCUT2D eigenvalue weighted by molar-refractivity contribution is -0.121. The van der Waals surface area contributed by atoms with E-state index in [0.29, 0.717) is 6.61 Å². The molecule has 8 nitrogen and oxygen atoms in total. The molecule has 3 aromatic rings. The summed E-state index contributed by atoms with van der Waals surface area (Å²) in [7, 11) is 0. The van der Waals surface area contributed by atoms with Gasteiger partial charge >= 0.3 is 0 Å². The standard InChI is InChI=1S/C20H21N5O3/c1-3-27-18-9-14-8-13(2)28-19(14)10-15(18)11-21-23-20(26)12-25-17-7-5-4-6-16(17)22-24-25/h4-7,9-11,13H,3,8,12H2,1-2H3,(H,23,26)/b21-11-/t13-/m0/s1. The summed E-state index contributed by atoms with van der Waals surface area (Å²) in [5.41, 5.74) is 5.94. The Kier molecular flexibility index (Phi) is 4.92. The number of hydrazone groups is 1. The Morgan fingerprint density at radius 1 is 1.43 bits per heavy atom. The number of hydrogen-bond acceptors (Lipinski definition) is 6. The third kappa shape index (κ3) is 3.66. The molecule has 0 saturated carbocycles. The number of amides is 1. The molecule has 1 aliphatic heterocycles. The van der Waals surface area contributed by atoms with Crippen LogP contribution in [0.3, 0.4) is 0 Å². The molecule has 1 N–H and O–H groups in total. The molecule has 0 saturated heterocycles. The second-order valence-electron chi connectivity index (χ2n) is 6.59. The molecule has 8 heteroatoms.